The van der Waals surface area contributed by atoms with Crippen LogP contribution in [0.3, 0.4) is 0 Å². The molecule has 1 aliphatic rings. The van der Waals surface area contributed by atoms with Crippen LogP contribution < -0.4 is 0 Å². The van der Waals surface area contributed by atoms with Crippen LogP contribution in [0.1, 0.15) is 64.2 Å². The third-order valence-corrected chi connectivity index (χ3v) is 5.52. The van der Waals surface area contributed by atoms with Crippen molar-refractivity contribution in [2.75, 3.05) is 0 Å². The average molecular weight is 395 g/mol. The standard InChI is InChI=1S/C25H30O4/c1-16(2)13-25(14-17(3)4,15-22(26)27)24(28)29-23-20-11-7-5-9-18(20)19-10-6-8-12-21(19)23/h5-12,16-17,23H,13-15H2,1-4H3,(H,26,27). The molecule has 2 aromatic carbocycles. The quantitative estimate of drug-likeness (QED) is 0.570. The first-order chi connectivity index (χ1) is 13.7. The molecule has 4 heteroatoms. The second kappa shape index (κ2) is 8.40. The van der Waals surface area contributed by atoms with Gasteiger partial charge in [0.25, 0.3) is 0 Å². The number of esters is 1. The zero-order valence-corrected chi connectivity index (χ0v) is 17.6. The monoisotopic (exact) mass is 394 g/mol. The summed E-state index contributed by atoms with van der Waals surface area (Å²) in [4.78, 5) is 25.3. The minimum Gasteiger partial charge on any atom is -0.481 e. The topological polar surface area (TPSA) is 63.6 Å². The summed E-state index contributed by atoms with van der Waals surface area (Å²) < 4.78 is 6.13. The molecule has 0 aliphatic heterocycles. The van der Waals surface area contributed by atoms with Gasteiger partial charge in [0.05, 0.1) is 11.8 Å². The maximum absolute atomic E-state index is 13.6. The first kappa shape index (κ1) is 21.1. The van der Waals surface area contributed by atoms with Gasteiger partial charge >= 0.3 is 11.9 Å². The molecular formula is C25H30O4. The molecule has 0 amide bonds. The third kappa shape index (κ3) is 4.36. The van der Waals surface area contributed by atoms with Gasteiger partial charge in [-0.3, -0.25) is 9.59 Å². The maximum Gasteiger partial charge on any atom is 0.313 e. The van der Waals surface area contributed by atoms with Gasteiger partial charge < -0.3 is 9.84 Å². The molecule has 29 heavy (non-hydrogen) atoms. The lowest BCUT2D eigenvalue weighted by molar-refractivity contribution is -0.167. The molecule has 0 heterocycles. The molecule has 0 radical (unpaired) electrons. The Balaban J connectivity index is 2.00. The predicted molar refractivity (Wildman–Crippen MR) is 113 cm³/mol. The lowest BCUT2D eigenvalue weighted by Crippen LogP contribution is -2.38. The summed E-state index contributed by atoms with van der Waals surface area (Å²) in [5.74, 6) is -0.998. The van der Waals surface area contributed by atoms with Crippen LogP contribution in [-0.2, 0) is 14.3 Å². The number of carboxylic acids is 1. The van der Waals surface area contributed by atoms with Gasteiger partial charge in [-0.1, -0.05) is 76.2 Å². The van der Waals surface area contributed by atoms with E-state index in [1.54, 1.807) is 0 Å². The molecule has 2 aromatic rings. The normalized spacial score (nSPS) is 13.4. The van der Waals surface area contributed by atoms with Crippen LogP contribution in [-0.4, -0.2) is 17.0 Å². The Morgan fingerprint density at radius 3 is 1.76 bits per heavy atom. The van der Waals surface area contributed by atoms with Gasteiger partial charge in [-0.25, -0.2) is 0 Å². The summed E-state index contributed by atoms with van der Waals surface area (Å²) in [5, 5.41) is 9.59. The molecule has 0 aromatic heterocycles. The van der Waals surface area contributed by atoms with E-state index in [1.807, 2.05) is 76.2 Å². The van der Waals surface area contributed by atoms with Gasteiger partial charge in [0, 0.05) is 11.1 Å². The number of carboxylic acid groups (broad SMARTS) is 1. The molecule has 1 aliphatic carbocycles. The lowest BCUT2D eigenvalue weighted by atomic mass is 9.72. The fourth-order valence-corrected chi connectivity index (χ4v) is 4.79. The van der Waals surface area contributed by atoms with E-state index in [4.69, 9.17) is 4.74 Å². The number of carbonyl (C=O) groups is 2. The summed E-state index contributed by atoms with van der Waals surface area (Å²) in [6, 6.07) is 15.9. The number of ether oxygens (including phenoxy) is 1. The maximum atomic E-state index is 13.6. The predicted octanol–water partition coefficient (Wildman–Crippen LogP) is 5.85. The average Bonchev–Trinajstić information content (AvgIpc) is 2.94. The number of benzene rings is 2. The smallest absolute Gasteiger partial charge is 0.313 e. The lowest BCUT2D eigenvalue weighted by Gasteiger charge is -2.34. The second-order valence-electron chi connectivity index (χ2n) is 9.01. The number of hydrogen-bond donors (Lipinski definition) is 1. The molecule has 0 atom stereocenters. The number of fused-ring (bicyclic) bond motifs is 3. The van der Waals surface area contributed by atoms with Crippen molar-refractivity contribution in [3.63, 3.8) is 0 Å². The third-order valence-electron chi connectivity index (χ3n) is 5.52. The molecule has 154 valence electrons. The molecule has 0 saturated carbocycles. The highest BCUT2D eigenvalue weighted by molar-refractivity contribution is 5.85. The van der Waals surface area contributed by atoms with Gasteiger partial charge in [0.15, 0.2) is 6.10 Å². The Labute approximate surface area is 172 Å². The van der Waals surface area contributed by atoms with Crippen LogP contribution in [0.25, 0.3) is 11.1 Å². The minimum absolute atomic E-state index is 0.184. The molecule has 1 N–H and O–H groups in total. The summed E-state index contributed by atoms with van der Waals surface area (Å²) in [5.41, 5.74) is 3.02. The number of aliphatic carboxylic acids is 1. The van der Waals surface area contributed by atoms with Crippen molar-refractivity contribution in [1.82, 2.24) is 0 Å². The van der Waals surface area contributed by atoms with Crippen LogP contribution in [0.5, 0.6) is 0 Å². The van der Waals surface area contributed by atoms with E-state index in [0.717, 1.165) is 22.3 Å². The molecule has 0 unspecified atom stereocenters. The number of hydrogen-bond acceptors (Lipinski definition) is 3. The zero-order chi connectivity index (χ0) is 21.2. The van der Waals surface area contributed by atoms with Crippen LogP contribution in [0.2, 0.25) is 0 Å². The van der Waals surface area contributed by atoms with Crippen molar-refractivity contribution in [2.24, 2.45) is 17.3 Å². The van der Waals surface area contributed by atoms with Gasteiger partial charge in [-0.05, 0) is 35.8 Å². The van der Waals surface area contributed by atoms with E-state index in [-0.39, 0.29) is 18.3 Å². The fourth-order valence-electron chi connectivity index (χ4n) is 4.79. The van der Waals surface area contributed by atoms with Crippen molar-refractivity contribution in [1.29, 1.82) is 0 Å². The highest BCUT2D eigenvalue weighted by Gasteiger charge is 2.45. The van der Waals surface area contributed by atoms with Crippen molar-refractivity contribution >= 4 is 11.9 Å². The summed E-state index contributed by atoms with van der Waals surface area (Å²) in [7, 11) is 0. The van der Waals surface area contributed by atoms with E-state index in [0.29, 0.717) is 12.8 Å². The van der Waals surface area contributed by atoms with E-state index in [9.17, 15) is 14.7 Å². The van der Waals surface area contributed by atoms with E-state index in [1.165, 1.54) is 0 Å². The van der Waals surface area contributed by atoms with Crippen molar-refractivity contribution in [3.8, 4) is 11.1 Å². The molecule has 4 nitrogen and oxygen atoms in total. The highest BCUT2D eigenvalue weighted by atomic mass is 16.5. The van der Waals surface area contributed by atoms with Crippen molar-refractivity contribution in [2.45, 2.75) is 53.1 Å². The van der Waals surface area contributed by atoms with Crippen molar-refractivity contribution in [3.05, 3.63) is 59.7 Å². The summed E-state index contributed by atoms with van der Waals surface area (Å²) in [6.07, 6.45) is 0.277. The van der Waals surface area contributed by atoms with Gasteiger partial charge in [-0.15, -0.1) is 0 Å². The minimum atomic E-state index is -1.03. The molecule has 0 saturated heterocycles. The zero-order valence-electron chi connectivity index (χ0n) is 17.6. The first-order valence-electron chi connectivity index (χ1n) is 10.3. The number of carbonyl (C=O) groups excluding carboxylic acids is 1. The van der Waals surface area contributed by atoms with E-state index < -0.39 is 23.5 Å². The van der Waals surface area contributed by atoms with E-state index in [2.05, 4.69) is 0 Å². The molecule has 3 rings (SSSR count). The van der Waals surface area contributed by atoms with Crippen LogP contribution in [0, 0.1) is 17.3 Å². The Kier molecular flexibility index (Phi) is 6.11. The molecule has 0 fully saturated rings. The molecule has 0 bridgehead atoms. The Morgan fingerprint density at radius 2 is 1.34 bits per heavy atom. The van der Waals surface area contributed by atoms with Gasteiger partial charge in [0.2, 0.25) is 0 Å². The molecule has 0 spiro atoms. The van der Waals surface area contributed by atoms with E-state index >= 15 is 0 Å². The van der Waals surface area contributed by atoms with Crippen LogP contribution >= 0.6 is 0 Å². The fraction of sp³-hybridized carbons (Fsp3) is 0.440. The van der Waals surface area contributed by atoms with Crippen LogP contribution in [0.15, 0.2) is 48.5 Å². The Bertz CT molecular complexity index is 842. The van der Waals surface area contributed by atoms with Gasteiger partial charge in [-0.2, -0.15) is 0 Å². The van der Waals surface area contributed by atoms with Crippen LogP contribution in [0.4, 0.5) is 0 Å². The second-order valence-corrected chi connectivity index (χ2v) is 9.01. The van der Waals surface area contributed by atoms with Crippen molar-refractivity contribution < 1.29 is 19.4 Å². The Morgan fingerprint density at radius 1 is 0.897 bits per heavy atom. The largest absolute Gasteiger partial charge is 0.481 e. The summed E-state index contributed by atoms with van der Waals surface area (Å²) >= 11 is 0. The number of rotatable bonds is 8. The highest BCUT2D eigenvalue weighted by Crippen LogP contribution is 2.47. The molecular weight excluding hydrogens is 364 g/mol. The van der Waals surface area contributed by atoms with Gasteiger partial charge in [0.1, 0.15) is 0 Å². The SMILES string of the molecule is CC(C)CC(CC(=O)O)(CC(C)C)C(=O)OC1c2ccccc2-c2ccccc21. The first-order valence-corrected chi connectivity index (χ1v) is 10.3. The Hall–Kier alpha value is -2.62. The summed E-state index contributed by atoms with van der Waals surface area (Å²) in [6.45, 7) is 8.07.